The van der Waals surface area contributed by atoms with E-state index >= 15 is 0 Å². The van der Waals surface area contributed by atoms with Crippen molar-refractivity contribution >= 4 is 0 Å². The summed E-state index contributed by atoms with van der Waals surface area (Å²) in [6.07, 6.45) is 0.821. The first-order valence-electron chi connectivity index (χ1n) is 18.8. The number of rotatable bonds is 7. The van der Waals surface area contributed by atoms with Gasteiger partial charge in [0.25, 0.3) is 0 Å². The molecular weight excluding hydrogens is 667 g/mol. The Labute approximate surface area is 321 Å². The molecule has 1 heterocycles. The molecule has 3 nitrogen and oxygen atoms in total. The van der Waals surface area contributed by atoms with E-state index in [2.05, 4.69) is 199 Å². The van der Waals surface area contributed by atoms with Gasteiger partial charge in [-0.25, -0.2) is 0 Å². The second-order valence-electron chi connectivity index (χ2n) is 14.0. The summed E-state index contributed by atoms with van der Waals surface area (Å²) >= 11 is 0. The summed E-state index contributed by atoms with van der Waals surface area (Å²) in [7, 11) is 0. The molecule has 0 saturated heterocycles. The highest BCUT2D eigenvalue weighted by Gasteiger charge is 2.31. The predicted octanol–water partition coefficient (Wildman–Crippen LogP) is 13.1. The molecule has 0 amide bonds. The molecule has 10 rings (SSSR count). The van der Waals surface area contributed by atoms with Crippen molar-refractivity contribution in [3.63, 3.8) is 0 Å². The largest absolute Gasteiger partial charge is 0.129 e. The van der Waals surface area contributed by atoms with E-state index < -0.39 is 0 Å². The van der Waals surface area contributed by atoms with E-state index in [1.165, 1.54) is 44.5 Å². The van der Waals surface area contributed by atoms with Gasteiger partial charge < -0.3 is 0 Å². The quantitative estimate of drug-likeness (QED) is 0.166. The fourth-order valence-corrected chi connectivity index (χ4v) is 8.37. The molecule has 0 unspecified atom stereocenters. The second-order valence-corrected chi connectivity index (χ2v) is 14.0. The van der Waals surface area contributed by atoms with Crippen molar-refractivity contribution in [3.8, 4) is 89.3 Å². The smallest absolute Gasteiger partial charge is 0.105 e. The number of nitrogens with zero attached hydrogens (tertiary/aromatic N) is 3. The number of hydrogen-bond donors (Lipinski definition) is 0. The van der Waals surface area contributed by atoms with Gasteiger partial charge in [-0.05, 0) is 90.0 Å². The van der Waals surface area contributed by atoms with Crippen LogP contribution in [-0.4, -0.2) is 15.4 Å². The molecule has 0 spiro atoms. The molecule has 0 bridgehead atoms. The van der Waals surface area contributed by atoms with Crippen LogP contribution in [0.2, 0.25) is 0 Å². The van der Waals surface area contributed by atoms with Crippen LogP contribution in [0.15, 0.2) is 200 Å². The van der Waals surface area contributed by atoms with E-state index in [4.69, 9.17) is 10.2 Å². The molecule has 1 aromatic heterocycles. The first-order valence-corrected chi connectivity index (χ1v) is 18.8. The number of benzene rings is 8. The first-order chi connectivity index (χ1) is 27.3. The highest BCUT2D eigenvalue weighted by atomic mass is 15.3. The highest BCUT2D eigenvalue weighted by Crippen LogP contribution is 2.54. The zero-order chi connectivity index (χ0) is 36.6. The molecule has 0 fully saturated rings. The summed E-state index contributed by atoms with van der Waals surface area (Å²) in [6.45, 7) is 0. The minimum atomic E-state index is 0.793. The molecule has 9 aromatic rings. The Morgan fingerprint density at radius 2 is 0.764 bits per heavy atom. The Morgan fingerprint density at radius 3 is 1.40 bits per heavy atom. The van der Waals surface area contributed by atoms with Crippen molar-refractivity contribution in [2.45, 2.75) is 6.42 Å². The molecule has 8 aromatic carbocycles. The van der Waals surface area contributed by atoms with Crippen LogP contribution in [-0.2, 0) is 6.42 Å². The average Bonchev–Trinajstić information content (AvgIpc) is 3.65. The second kappa shape index (κ2) is 14.0. The van der Waals surface area contributed by atoms with Crippen molar-refractivity contribution < 1.29 is 0 Å². The summed E-state index contributed by atoms with van der Waals surface area (Å²) in [5.41, 5.74) is 20.1. The molecule has 1 aliphatic carbocycles. The minimum absolute atomic E-state index is 0.793. The Bertz CT molecular complexity index is 2800. The van der Waals surface area contributed by atoms with Gasteiger partial charge in [0.15, 0.2) is 0 Å². The Balaban J connectivity index is 1.40. The van der Waals surface area contributed by atoms with Crippen molar-refractivity contribution in [2.24, 2.45) is 0 Å². The topological polar surface area (TPSA) is 38.7 Å². The summed E-state index contributed by atoms with van der Waals surface area (Å²) in [4.78, 5) is 0. The van der Waals surface area contributed by atoms with Crippen molar-refractivity contribution in [2.75, 3.05) is 0 Å². The van der Waals surface area contributed by atoms with Crippen LogP contribution >= 0.6 is 0 Å². The summed E-state index contributed by atoms with van der Waals surface area (Å²) in [6, 6.07) is 71.3. The van der Waals surface area contributed by atoms with Gasteiger partial charge in [0.05, 0.1) is 0 Å². The van der Waals surface area contributed by atoms with Gasteiger partial charge in [-0.1, -0.05) is 194 Å². The lowest BCUT2D eigenvalue weighted by Crippen LogP contribution is -2.04. The molecule has 258 valence electrons. The van der Waals surface area contributed by atoms with Crippen LogP contribution in [0.1, 0.15) is 11.1 Å². The third-order valence-corrected chi connectivity index (χ3v) is 10.8. The number of fused-ring (bicyclic) bond motifs is 3. The standard InChI is InChI=1S/C52H35N3/c1-6-19-35(20-7-1)42-31-18-32-43(52-48(38-25-12-4-13-26-38)51(53-55-54-52)39-27-14-5-15-28-39)49(42)50-46-33-40-29-16-17-30-41(40)45(46)34-44(36-21-8-2-9-22-36)47(50)37-23-10-3-11-24-37/h1-32,34H,33H2. The van der Waals surface area contributed by atoms with Crippen LogP contribution in [0.25, 0.3) is 89.3 Å². The van der Waals surface area contributed by atoms with E-state index in [0.29, 0.717) is 0 Å². The molecule has 0 N–H and O–H groups in total. The zero-order valence-electron chi connectivity index (χ0n) is 30.1. The van der Waals surface area contributed by atoms with E-state index in [1.54, 1.807) is 0 Å². The van der Waals surface area contributed by atoms with Crippen LogP contribution in [0, 0.1) is 0 Å². The number of hydrogen-bond acceptors (Lipinski definition) is 3. The van der Waals surface area contributed by atoms with Crippen LogP contribution in [0.5, 0.6) is 0 Å². The highest BCUT2D eigenvalue weighted by molar-refractivity contribution is 6.09. The molecule has 0 saturated carbocycles. The summed E-state index contributed by atoms with van der Waals surface area (Å²) < 4.78 is 0. The van der Waals surface area contributed by atoms with E-state index in [9.17, 15) is 0 Å². The van der Waals surface area contributed by atoms with Gasteiger partial charge in [0.2, 0.25) is 0 Å². The van der Waals surface area contributed by atoms with E-state index in [1.807, 2.05) is 6.07 Å². The van der Waals surface area contributed by atoms with Crippen molar-refractivity contribution in [1.29, 1.82) is 0 Å². The van der Waals surface area contributed by atoms with E-state index in [0.717, 1.165) is 62.3 Å². The molecule has 3 heteroatoms. The van der Waals surface area contributed by atoms with Crippen LogP contribution in [0.4, 0.5) is 0 Å². The Hall–Kier alpha value is -7.23. The minimum Gasteiger partial charge on any atom is -0.129 e. The SMILES string of the molecule is c1ccc(-c2cccc(-c3nnnc(-c4ccccc4)c3-c3ccccc3)c2-c2c3c(cc(-c4ccccc4)c2-c2ccccc2)-c2ccccc2C3)cc1. The average molecular weight is 702 g/mol. The molecule has 55 heavy (non-hydrogen) atoms. The molecular formula is C52H35N3. The van der Waals surface area contributed by atoms with Crippen molar-refractivity contribution in [3.05, 3.63) is 211 Å². The van der Waals surface area contributed by atoms with Crippen molar-refractivity contribution in [1.82, 2.24) is 15.4 Å². The lowest BCUT2D eigenvalue weighted by atomic mass is 9.78. The monoisotopic (exact) mass is 701 g/mol. The lowest BCUT2D eigenvalue weighted by molar-refractivity contribution is 0.879. The van der Waals surface area contributed by atoms with Gasteiger partial charge in [0, 0.05) is 16.7 Å². The molecule has 0 radical (unpaired) electrons. The van der Waals surface area contributed by atoms with Gasteiger partial charge in [-0.15, -0.1) is 10.2 Å². The van der Waals surface area contributed by atoms with Crippen LogP contribution in [0.3, 0.4) is 0 Å². The first kappa shape index (κ1) is 32.4. The van der Waals surface area contributed by atoms with Gasteiger partial charge >= 0.3 is 0 Å². The Morgan fingerprint density at radius 1 is 0.291 bits per heavy atom. The van der Waals surface area contributed by atoms with E-state index in [-0.39, 0.29) is 0 Å². The molecule has 0 aliphatic heterocycles. The molecule has 0 atom stereocenters. The van der Waals surface area contributed by atoms with Gasteiger partial charge in [-0.3, -0.25) is 0 Å². The van der Waals surface area contributed by atoms with Crippen LogP contribution < -0.4 is 0 Å². The maximum Gasteiger partial charge on any atom is 0.105 e. The third kappa shape index (κ3) is 5.74. The predicted molar refractivity (Wildman–Crippen MR) is 226 cm³/mol. The van der Waals surface area contributed by atoms with Gasteiger partial charge in [-0.2, -0.15) is 0 Å². The maximum absolute atomic E-state index is 4.99. The lowest BCUT2D eigenvalue weighted by Gasteiger charge is -2.25. The normalized spacial score (nSPS) is 11.6. The van der Waals surface area contributed by atoms with Gasteiger partial charge in [0.1, 0.15) is 11.4 Å². The molecule has 1 aliphatic rings. The summed E-state index contributed by atoms with van der Waals surface area (Å²) in [5.74, 6) is 0. The third-order valence-electron chi connectivity index (χ3n) is 10.8. The Kier molecular flexibility index (Phi) is 8.23. The zero-order valence-corrected chi connectivity index (χ0v) is 30.1. The summed E-state index contributed by atoms with van der Waals surface area (Å²) in [5, 5.41) is 14.2. The number of aromatic nitrogens is 3. The maximum atomic E-state index is 4.99. The fourth-order valence-electron chi connectivity index (χ4n) is 8.37. The fraction of sp³-hybridized carbons (Fsp3) is 0.0192.